The van der Waals surface area contributed by atoms with E-state index < -0.39 is 0 Å². The van der Waals surface area contributed by atoms with E-state index in [0.29, 0.717) is 24.4 Å². The molecule has 0 atom stereocenters. The number of pyridine rings is 1. The minimum Gasteiger partial charge on any atom is -0.475 e. The largest absolute Gasteiger partial charge is 0.475 e. The second-order valence-electron chi connectivity index (χ2n) is 6.42. The predicted octanol–water partition coefficient (Wildman–Crippen LogP) is 3.55. The van der Waals surface area contributed by atoms with Crippen molar-refractivity contribution in [3.63, 3.8) is 0 Å². The standard InChI is InChI=1S/C21H24N4O2/c1-4-19-18(14-24-25(19)17-10-6-5-7-11-17)20(26)23-13-16-9-8-12-22-21(16)27-15(2)3/h5-12,14-15H,4,13H2,1-3H3,(H,23,26). The van der Waals surface area contributed by atoms with Gasteiger partial charge in [0.2, 0.25) is 5.88 Å². The average Bonchev–Trinajstić information content (AvgIpc) is 3.11. The van der Waals surface area contributed by atoms with Crippen LogP contribution in [0.3, 0.4) is 0 Å². The van der Waals surface area contributed by atoms with Gasteiger partial charge in [0, 0.05) is 18.3 Å². The number of hydrogen-bond acceptors (Lipinski definition) is 4. The fourth-order valence-corrected chi connectivity index (χ4v) is 2.85. The van der Waals surface area contributed by atoms with Crippen LogP contribution in [0.1, 0.15) is 42.4 Å². The summed E-state index contributed by atoms with van der Waals surface area (Å²) >= 11 is 0. The molecule has 3 rings (SSSR count). The maximum absolute atomic E-state index is 12.8. The van der Waals surface area contributed by atoms with E-state index in [2.05, 4.69) is 15.4 Å². The van der Waals surface area contributed by atoms with Crippen LogP contribution < -0.4 is 10.1 Å². The second-order valence-corrected chi connectivity index (χ2v) is 6.42. The summed E-state index contributed by atoms with van der Waals surface area (Å²) in [7, 11) is 0. The number of nitrogens with zero attached hydrogens (tertiary/aromatic N) is 3. The Morgan fingerprint density at radius 2 is 1.96 bits per heavy atom. The van der Waals surface area contributed by atoms with Crippen molar-refractivity contribution in [3.05, 3.63) is 71.7 Å². The summed E-state index contributed by atoms with van der Waals surface area (Å²) in [5.74, 6) is 0.386. The first-order valence-corrected chi connectivity index (χ1v) is 9.11. The highest BCUT2D eigenvalue weighted by Gasteiger charge is 2.17. The summed E-state index contributed by atoms with van der Waals surface area (Å²) in [5, 5.41) is 7.37. The summed E-state index contributed by atoms with van der Waals surface area (Å²) < 4.78 is 7.52. The second kappa shape index (κ2) is 8.49. The van der Waals surface area contributed by atoms with Crippen molar-refractivity contribution >= 4 is 5.91 Å². The minimum atomic E-state index is -0.159. The van der Waals surface area contributed by atoms with Crippen molar-refractivity contribution < 1.29 is 9.53 Å². The normalized spacial score (nSPS) is 10.8. The Kier molecular flexibility index (Phi) is 5.86. The molecule has 2 aromatic heterocycles. The molecule has 0 aliphatic rings. The fourth-order valence-electron chi connectivity index (χ4n) is 2.85. The molecule has 27 heavy (non-hydrogen) atoms. The van der Waals surface area contributed by atoms with Gasteiger partial charge in [0.15, 0.2) is 0 Å². The number of ether oxygens (including phenoxy) is 1. The van der Waals surface area contributed by atoms with Gasteiger partial charge in [-0.05, 0) is 38.5 Å². The van der Waals surface area contributed by atoms with Gasteiger partial charge < -0.3 is 10.1 Å². The van der Waals surface area contributed by atoms with Crippen molar-refractivity contribution in [3.8, 4) is 11.6 Å². The van der Waals surface area contributed by atoms with Crippen molar-refractivity contribution in [2.24, 2.45) is 0 Å². The van der Waals surface area contributed by atoms with Crippen LogP contribution in [-0.4, -0.2) is 26.8 Å². The maximum atomic E-state index is 12.8. The molecule has 0 radical (unpaired) electrons. The first kappa shape index (κ1) is 18.6. The smallest absolute Gasteiger partial charge is 0.255 e. The Labute approximate surface area is 159 Å². The van der Waals surface area contributed by atoms with Gasteiger partial charge in [-0.25, -0.2) is 9.67 Å². The molecule has 2 heterocycles. The van der Waals surface area contributed by atoms with Crippen LogP contribution in [-0.2, 0) is 13.0 Å². The van der Waals surface area contributed by atoms with Crippen LogP contribution in [0.15, 0.2) is 54.9 Å². The molecule has 6 nitrogen and oxygen atoms in total. The lowest BCUT2D eigenvalue weighted by Gasteiger charge is -2.13. The zero-order chi connectivity index (χ0) is 19.2. The van der Waals surface area contributed by atoms with E-state index in [0.717, 1.165) is 16.9 Å². The van der Waals surface area contributed by atoms with Gasteiger partial charge in [-0.2, -0.15) is 5.10 Å². The zero-order valence-electron chi connectivity index (χ0n) is 15.8. The Bertz CT molecular complexity index is 904. The molecule has 0 saturated carbocycles. The van der Waals surface area contributed by atoms with Crippen molar-refractivity contribution in [2.45, 2.75) is 39.8 Å². The Morgan fingerprint density at radius 3 is 2.67 bits per heavy atom. The Hall–Kier alpha value is -3.15. The lowest BCUT2D eigenvalue weighted by Crippen LogP contribution is -2.24. The number of nitrogens with one attached hydrogen (secondary N) is 1. The van der Waals surface area contributed by atoms with Gasteiger partial charge >= 0.3 is 0 Å². The van der Waals surface area contributed by atoms with Crippen molar-refractivity contribution in [1.29, 1.82) is 0 Å². The lowest BCUT2D eigenvalue weighted by molar-refractivity contribution is 0.0949. The van der Waals surface area contributed by atoms with Crippen molar-refractivity contribution in [2.75, 3.05) is 0 Å². The number of aromatic nitrogens is 3. The molecule has 0 saturated heterocycles. The molecule has 1 amide bonds. The van der Waals surface area contributed by atoms with Gasteiger partial charge in [0.25, 0.3) is 5.91 Å². The topological polar surface area (TPSA) is 69.0 Å². The SMILES string of the molecule is CCc1c(C(=O)NCc2cccnc2OC(C)C)cnn1-c1ccccc1. The summed E-state index contributed by atoms with van der Waals surface area (Å²) in [4.78, 5) is 17.0. The van der Waals surface area contributed by atoms with Crippen LogP contribution in [0, 0.1) is 0 Å². The van der Waals surface area contributed by atoms with Gasteiger partial charge in [0.05, 0.1) is 29.2 Å². The van der Waals surface area contributed by atoms with Crippen LogP contribution in [0.2, 0.25) is 0 Å². The highest BCUT2D eigenvalue weighted by Crippen LogP contribution is 2.18. The van der Waals surface area contributed by atoms with E-state index in [1.54, 1.807) is 12.4 Å². The van der Waals surface area contributed by atoms with Gasteiger partial charge in [-0.1, -0.05) is 31.2 Å². The fraction of sp³-hybridized carbons (Fsp3) is 0.286. The van der Waals surface area contributed by atoms with E-state index >= 15 is 0 Å². The Balaban J connectivity index is 1.77. The average molecular weight is 364 g/mol. The van der Waals surface area contributed by atoms with Crippen molar-refractivity contribution in [1.82, 2.24) is 20.1 Å². The van der Waals surface area contributed by atoms with E-state index in [1.807, 2.05) is 67.9 Å². The summed E-state index contributed by atoms with van der Waals surface area (Å²) in [5.41, 5.74) is 3.24. The predicted molar refractivity (Wildman–Crippen MR) is 104 cm³/mol. The number of carbonyl (C=O) groups is 1. The van der Waals surface area contributed by atoms with Crippen LogP contribution in [0.25, 0.3) is 5.69 Å². The van der Waals surface area contributed by atoms with E-state index in [4.69, 9.17) is 4.74 Å². The van der Waals surface area contributed by atoms with E-state index in [-0.39, 0.29) is 12.0 Å². The molecular weight excluding hydrogens is 340 g/mol. The molecular formula is C21H24N4O2. The molecule has 0 spiro atoms. The van der Waals surface area contributed by atoms with E-state index in [1.165, 1.54) is 0 Å². The summed E-state index contributed by atoms with van der Waals surface area (Å²) in [6.07, 6.45) is 4.02. The third-order valence-electron chi connectivity index (χ3n) is 4.09. The monoisotopic (exact) mass is 364 g/mol. The molecule has 6 heteroatoms. The van der Waals surface area contributed by atoms with Crippen LogP contribution >= 0.6 is 0 Å². The molecule has 0 bridgehead atoms. The molecule has 140 valence electrons. The summed E-state index contributed by atoms with van der Waals surface area (Å²) in [6.45, 7) is 6.25. The van der Waals surface area contributed by atoms with Crippen LogP contribution in [0.5, 0.6) is 5.88 Å². The highest BCUT2D eigenvalue weighted by molar-refractivity contribution is 5.95. The quantitative estimate of drug-likeness (QED) is 0.696. The lowest BCUT2D eigenvalue weighted by atomic mass is 10.1. The molecule has 0 fully saturated rings. The van der Waals surface area contributed by atoms with Crippen LogP contribution in [0.4, 0.5) is 0 Å². The minimum absolute atomic E-state index is 0.0187. The van der Waals surface area contributed by atoms with E-state index in [9.17, 15) is 4.79 Å². The summed E-state index contributed by atoms with van der Waals surface area (Å²) in [6, 6.07) is 13.5. The van der Waals surface area contributed by atoms with Gasteiger partial charge in [-0.15, -0.1) is 0 Å². The first-order valence-electron chi connectivity index (χ1n) is 9.11. The Morgan fingerprint density at radius 1 is 1.19 bits per heavy atom. The number of carbonyl (C=O) groups excluding carboxylic acids is 1. The molecule has 1 N–H and O–H groups in total. The number of amides is 1. The number of para-hydroxylation sites is 1. The third kappa shape index (κ3) is 4.34. The maximum Gasteiger partial charge on any atom is 0.255 e. The molecule has 3 aromatic rings. The van der Waals surface area contributed by atoms with Gasteiger partial charge in [0.1, 0.15) is 0 Å². The highest BCUT2D eigenvalue weighted by atomic mass is 16.5. The number of hydrogen-bond donors (Lipinski definition) is 1. The molecule has 0 aliphatic carbocycles. The third-order valence-corrected chi connectivity index (χ3v) is 4.09. The van der Waals surface area contributed by atoms with Gasteiger partial charge in [-0.3, -0.25) is 4.79 Å². The first-order chi connectivity index (χ1) is 13.1. The zero-order valence-corrected chi connectivity index (χ0v) is 15.8. The molecule has 0 aliphatic heterocycles. The molecule has 0 unspecified atom stereocenters. The molecule has 1 aromatic carbocycles. The number of rotatable bonds is 7. The number of benzene rings is 1.